The lowest BCUT2D eigenvalue weighted by molar-refractivity contribution is 0.106. The molecule has 2 aromatic rings. The molecule has 0 saturated carbocycles. The molecule has 2 rings (SSSR count). The van der Waals surface area contributed by atoms with E-state index in [0.717, 1.165) is 0 Å². The van der Waals surface area contributed by atoms with E-state index in [9.17, 15) is 8.78 Å². The van der Waals surface area contributed by atoms with Crippen molar-refractivity contribution in [2.24, 2.45) is 0 Å². The normalized spacial score (nSPS) is 10.9. The summed E-state index contributed by atoms with van der Waals surface area (Å²) in [5.41, 5.74) is 0.399. The Hall–Kier alpha value is -1.69. The Bertz CT molecular complexity index is 531. The lowest BCUT2D eigenvalue weighted by Gasteiger charge is -2.04. The van der Waals surface area contributed by atoms with Crippen LogP contribution in [0.25, 0.3) is 11.4 Å². The zero-order valence-corrected chi connectivity index (χ0v) is 9.41. The summed E-state index contributed by atoms with van der Waals surface area (Å²) >= 11 is 5.80. The van der Waals surface area contributed by atoms with E-state index in [-0.39, 0.29) is 5.82 Å². The fourth-order valence-electron chi connectivity index (χ4n) is 1.29. The predicted octanol–water partition coefficient (Wildman–Crippen LogP) is 3.34. The zero-order valence-electron chi connectivity index (χ0n) is 8.65. The third-order valence-electron chi connectivity index (χ3n) is 2.03. The van der Waals surface area contributed by atoms with Crippen LogP contribution < -0.4 is 4.74 Å². The van der Waals surface area contributed by atoms with Crippen LogP contribution in [-0.2, 0) is 0 Å². The summed E-state index contributed by atoms with van der Waals surface area (Å²) in [6.07, 6.45) is -2.80. The Balaban J connectivity index is 2.47. The Kier molecular flexibility index (Phi) is 3.23. The van der Waals surface area contributed by atoms with Gasteiger partial charge in [-0.3, -0.25) is 0 Å². The number of halogens is 3. The predicted molar refractivity (Wildman–Crippen MR) is 56.3 cm³/mol. The average Bonchev–Trinajstić information content (AvgIpc) is 2.78. The molecule has 0 aliphatic rings. The van der Waals surface area contributed by atoms with Crippen LogP contribution in [0.15, 0.2) is 22.7 Å². The molecule has 90 valence electrons. The zero-order chi connectivity index (χ0) is 12.4. The van der Waals surface area contributed by atoms with Crippen molar-refractivity contribution in [3.8, 4) is 17.1 Å². The first-order valence-electron chi connectivity index (χ1n) is 4.57. The first-order valence-corrected chi connectivity index (χ1v) is 4.95. The standard InChI is InChI=1S/C10H7ClF2N2O2/c1-16-7-3-2-5(11)4-6(7)9-14-10(8(12)13)17-15-9/h2-4,8H,1H3. The minimum absolute atomic E-state index is 0.0136. The molecule has 1 aromatic carbocycles. The van der Waals surface area contributed by atoms with Gasteiger partial charge in [-0.1, -0.05) is 16.8 Å². The number of alkyl halides is 2. The summed E-state index contributed by atoms with van der Waals surface area (Å²) in [6.45, 7) is 0. The van der Waals surface area contributed by atoms with Gasteiger partial charge in [-0.15, -0.1) is 0 Å². The van der Waals surface area contributed by atoms with Gasteiger partial charge in [0.25, 0.3) is 5.89 Å². The third-order valence-corrected chi connectivity index (χ3v) is 2.27. The van der Waals surface area contributed by atoms with E-state index in [1.54, 1.807) is 12.1 Å². The monoisotopic (exact) mass is 260 g/mol. The van der Waals surface area contributed by atoms with Gasteiger partial charge < -0.3 is 9.26 Å². The average molecular weight is 261 g/mol. The van der Waals surface area contributed by atoms with Crippen LogP contribution >= 0.6 is 11.6 Å². The second-order valence-electron chi connectivity index (χ2n) is 3.10. The number of nitrogens with zero attached hydrogens (tertiary/aromatic N) is 2. The highest BCUT2D eigenvalue weighted by atomic mass is 35.5. The van der Waals surface area contributed by atoms with Crippen molar-refractivity contribution in [3.63, 3.8) is 0 Å². The number of rotatable bonds is 3. The van der Waals surface area contributed by atoms with Crippen molar-refractivity contribution in [3.05, 3.63) is 29.1 Å². The Labute approximate surface area is 100 Å². The maximum absolute atomic E-state index is 12.3. The molecule has 4 nitrogen and oxygen atoms in total. The lowest BCUT2D eigenvalue weighted by Crippen LogP contribution is -1.90. The minimum atomic E-state index is -2.80. The van der Waals surface area contributed by atoms with Crippen molar-refractivity contribution in [1.29, 1.82) is 0 Å². The van der Waals surface area contributed by atoms with Crippen molar-refractivity contribution >= 4 is 11.6 Å². The number of ether oxygens (including phenoxy) is 1. The fraction of sp³-hybridized carbons (Fsp3) is 0.200. The first kappa shape index (κ1) is 11.8. The van der Waals surface area contributed by atoms with Crippen molar-refractivity contribution in [1.82, 2.24) is 10.1 Å². The maximum Gasteiger partial charge on any atom is 0.315 e. The maximum atomic E-state index is 12.3. The van der Waals surface area contributed by atoms with Gasteiger partial charge in [-0.25, -0.2) is 0 Å². The number of hydrogen-bond donors (Lipinski definition) is 0. The lowest BCUT2D eigenvalue weighted by atomic mass is 10.2. The number of aromatic nitrogens is 2. The quantitative estimate of drug-likeness (QED) is 0.849. The third kappa shape index (κ3) is 2.36. The van der Waals surface area contributed by atoms with E-state index in [1.807, 2.05) is 0 Å². The Morgan fingerprint density at radius 2 is 2.18 bits per heavy atom. The van der Waals surface area contributed by atoms with E-state index in [2.05, 4.69) is 14.7 Å². The molecular formula is C10H7ClF2N2O2. The summed E-state index contributed by atoms with van der Waals surface area (Å²) in [4.78, 5) is 3.56. The summed E-state index contributed by atoms with van der Waals surface area (Å²) in [5, 5.41) is 3.87. The van der Waals surface area contributed by atoms with Crippen molar-refractivity contribution in [2.75, 3.05) is 7.11 Å². The van der Waals surface area contributed by atoms with Gasteiger partial charge in [0, 0.05) is 5.02 Å². The van der Waals surface area contributed by atoms with E-state index in [1.165, 1.54) is 13.2 Å². The van der Waals surface area contributed by atoms with E-state index in [4.69, 9.17) is 16.3 Å². The highest BCUT2D eigenvalue weighted by molar-refractivity contribution is 6.30. The van der Waals surface area contributed by atoms with Crippen molar-refractivity contribution < 1.29 is 18.0 Å². The molecule has 0 saturated heterocycles. The van der Waals surface area contributed by atoms with Crippen LogP contribution in [0.4, 0.5) is 8.78 Å². The number of hydrogen-bond acceptors (Lipinski definition) is 4. The van der Waals surface area contributed by atoms with Gasteiger partial charge >= 0.3 is 6.43 Å². The second kappa shape index (κ2) is 4.67. The highest BCUT2D eigenvalue weighted by Crippen LogP contribution is 2.31. The van der Waals surface area contributed by atoms with Crippen LogP contribution in [0.1, 0.15) is 12.3 Å². The molecule has 0 atom stereocenters. The molecule has 1 heterocycles. The van der Waals surface area contributed by atoms with Crippen LogP contribution in [-0.4, -0.2) is 17.3 Å². The first-order chi connectivity index (χ1) is 8.11. The Morgan fingerprint density at radius 3 is 2.76 bits per heavy atom. The van der Waals surface area contributed by atoms with E-state index < -0.39 is 12.3 Å². The van der Waals surface area contributed by atoms with Gasteiger partial charge in [-0.05, 0) is 18.2 Å². The van der Waals surface area contributed by atoms with Crippen LogP contribution in [0.3, 0.4) is 0 Å². The largest absolute Gasteiger partial charge is 0.496 e. The van der Waals surface area contributed by atoms with Gasteiger partial charge in [-0.2, -0.15) is 13.8 Å². The molecule has 0 fully saturated rings. The van der Waals surface area contributed by atoms with Crippen LogP contribution in [0.5, 0.6) is 5.75 Å². The van der Waals surface area contributed by atoms with Gasteiger partial charge in [0.2, 0.25) is 5.82 Å². The van der Waals surface area contributed by atoms with Crippen molar-refractivity contribution in [2.45, 2.75) is 6.43 Å². The van der Waals surface area contributed by atoms with Gasteiger partial charge in [0.05, 0.1) is 12.7 Å². The molecule has 0 bridgehead atoms. The molecule has 0 unspecified atom stereocenters. The molecule has 0 aliphatic carbocycles. The van der Waals surface area contributed by atoms with Crippen LogP contribution in [0, 0.1) is 0 Å². The van der Waals surface area contributed by atoms with E-state index >= 15 is 0 Å². The molecule has 0 aliphatic heterocycles. The molecule has 0 radical (unpaired) electrons. The smallest absolute Gasteiger partial charge is 0.315 e. The minimum Gasteiger partial charge on any atom is -0.496 e. The highest BCUT2D eigenvalue weighted by Gasteiger charge is 2.19. The molecule has 1 aromatic heterocycles. The molecule has 0 amide bonds. The molecule has 17 heavy (non-hydrogen) atoms. The van der Waals surface area contributed by atoms with Gasteiger partial charge in [0.1, 0.15) is 5.75 Å². The molecule has 7 heteroatoms. The summed E-state index contributed by atoms with van der Waals surface area (Å²) in [7, 11) is 1.45. The van der Waals surface area contributed by atoms with E-state index in [0.29, 0.717) is 16.3 Å². The summed E-state index contributed by atoms with van der Waals surface area (Å²) in [5.74, 6) is -0.294. The fourth-order valence-corrected chi connectivity index (χ4v) is 1.46. The summed E-state index contributed by atoms with van der Waals surface area (Å²) in [6, 6.07) is 4.72. The number of methoxy groups -OCH3 is 1. The molecular weight excluding hydrogens is 254 g/mol. The SMILES string of the molecule is COc1ccc(Cl)cc1-c1noc(C(F)F)n1. The number of benzene rings is 1. The Morgan fingerprint density at radius 1 is 1.41 bits per heavy atom. The molecule has 0 N–H and O–H groups in total. The summed E-state index contributed by atoms with van der Waals surface area (Å²) < 4.78 is 34.1. The van der Waals surface area contributed by atoms with Gasteiger partial charge in [0.15, 0.2) is 0 Å². The second-order valence-corrected chi connectivity index (χ2v) is 3.54. The topological polar surface area (TPSA) is 48.2 Å². The van der Waals surface area contributed by atoms with Crippen LogP contribution in [0.2, 0.25) is 5.02 Å². The molecule has 0 spiro atoms.